The molecule has 0 aliphatic carbocycles. The molecule has 0 aliphatic rings. The summed E-state index contributed by atoms with van der Waals surface area (Å²) >= 11 is 0. The zero-order chi connectivity index (χ0) is 9.90. The molecule has 0 aromatic carbocycles. The normalized spacial score (nSPS) is 12.0. The zero-order valence-corrected chi connectivity index (χ0v) is 8.72. The number of aromatic amines is 1. The van der Waals surface area contributed by atoms with Crippen molar-refractivity contribution < 1.29 is 0 Å². The Kier molecular flexibility index (Phi) is 3.09. The number of imidazole rings is 1. The number of rotatable bonds is 3. The Hall–Kier alpha value is -0.830. The van der Waals surface area contributed by atoms with Gasteiger partial charge in [0.15, 0.2) is 0 Å². The van der Waals surface area contributed by atoms with Crippen LogP contribution in [0.25, 0.3) is 0 Å². The highest BCUT2D eigenvalue weighted by atomic mass is 14.9. The van der Waals surface area contributed by atoms with Gasteiger partial charge in [-0.3, -0.25) is 0 Å². The van der Waals surface area contributed by atoms with Crippen molar-refractivity contribution in [3.8, 4) is 0 Å². The summed E-state index contributed by atoms with van der Waals surface area (Å²) in [7, 11) is 0. The predicted octanol–water partition coefficient (Wildman–Crippen LogP) is 1.60. The number of nitrogens with one attached hydrogen (secondary N) is 1. The minimum absolute atomic E-state index is 0.161. The van der Waals surface area contributed by atoms with E-state index in [-0.39, 0.29) is 5.41 Å². The average Bonchev–Trinajstić information content (AvgIpc) is 2.47. The van der Waals surface area contributed by atoms with Crippen LogP contribution in [0.15, 0.2) is 6.20 Å². The van der Waals surface area contributed by atoms with Crippen molar-refractivity contribution in [2.24, 2.45) is 5.73 Å². The number of H-pyrrole nitrogens is 1. The molecule has 1 rings (SSSR count). The number of nitrogens with two attached hydrogens (primary N) is 1. The smallest absolute Gasteiger partial charge is 0.106 e. The van der Waals surface area contributed by atoms with E-state index >= 15 is 0 Å². The van der Waals surface area contributed by atoms with Crippen LogP contribution in [0.2, 0.25) is 0 Å². The van der Waals surface area contributed by atoms with E-state index in [0.717, 1.165) is 25.2 Å². The van der Waals surface area contributed by atoms with E-state index in [4.69, 9.17) is 5.73 Å². The van der Waals surface area contributed by atoms with Crippen LogP contribution in [0.1, 0.15) is 38.7 Å². The quantitative estimate of drug-likeness (QED) is 0.744. The summed E-state index contributed by atoms with van der Waals surface area (Å²) in [4.78, 5) is 7.63. The van der Waals surface area contributed by atoms with Crippen LogP contribution in [0, 0.1) is 0 Å². The highest BCUT2D eigenvalue weighted by Crippen LogP contribution is 2.19. The Bertz CT molecular complexity index is 257. The van der Waals surface area contributed by atoms with Gasteiger partial charge in [0.05, 0.1) is 0 Å². The fourth-order valence-corrected chi connectivity index (χ4v) is 1.14. The molecule has 1 heterocycles. The molecule has 0 atom stereocenters. The monoisotopic (exact) mass is 181 g/mol. The Labute approximate surface area is 79.8 Å². The fraction of sp³-hybridized carbons (Fsp3) is 0.700. The first-order chi connectivity index (χ1) is 6.04. The van der Waals surface area contributed by atoms with E-state index in [9.17, 15) is 0 Å². The molecule has 0 saturated heterocycles. The van der Waals surface area contributed by atoms with Crippen LogP contribution in [-0.2, 0) is 11.8 Å². The van der Waals surface area contributed by atoms with Crippen molar-refractivity contribution in [2.75, 3.05) is 6.54 Å². The van der Waals surface area contributed by atoms with E-state index in [1.165, 1.54) is 5.69 Å². The Morgan fingerprint density at radius 3 is 2.62 bits per heavy atom. The topological polar surface area (TPSA) is 54.7 Å². The zero-order valence-electron chi connectivity index (χ0n) is 8.72. The second kappa shape index (κ2) is 3.92. The molecule has 74 valence electrons. The van der Waals surface area contributed by atoms with Gasteiger partial charge < -0.3 is 10.7 Å². The first-order valence-electron chi connectivity index (χ1n) is 4.78. The first kappa shape index (κ1) is 10.3. The minimum atomic E-state index is 0.161. The predicted molar refractivity (Wildman–Crippen MR) is 54.7 cm³/mol. The fourth-order valence-electron chi connectivity index (χ4n) is 1.14. The third-order valence-electron chi connectivity index (χ3n) is 2.05. The van der Waals surface area contributed by atoms with Gasteiger partial charge in [-0.15, -0.1) is 0 Å². The summed E-state index contributed by atoms with van der Waals surface area (Å²) in [6.45, 7) is 7.25. The lowest BCUT2D eigenvalue weighted by Gasteiger charge is -2.15. The summed E-state index contributed by atoms with van der Waals surface area (Å²) in [5.74, 6) is 1.05. The van der Waals surface area contributed by atoms with Crippen molar-refractivity contribution in [1.29, 1.82) is 0 Å². The van der Waals surface area contributed by atoms with Gasteiger partial charge in [0.25, 0.3) is 0 Å². The number of aryl methyl sites for hydroxylation is 1. The average molecular weight is 181 g/mol. The Balaban J connectivity index is 2.64. The molecular weight excluding hydrogens is 162 g/mol. The number of hydrogen-bond donors (Lipinski definition) is 2. The second-order valence-electron chi connectivity index (χ2n) is 4.39. The van der Waals surface area contributed by atoms with Crippen molar-refractivity contribution in [2.45, 2.75) is 39.0 Å². The second-order valence-corrected chi connectivity index (χ2v) is 4.39. The van der Waals surface area contributed by atoms with Gasteiger partial charge in [-0.2, -0.15) is 0 Å². The Morgan fingerprint density at radius 1 is 1.46 bits per heavy atom. The van der Waals surface area contributed by atoms with E-state index in [0.29, 0.717) is 0 Å². The molecule has 0 aliphatic heterocycles. The lowest BCUT2D eigenvalue weighted by molar-refractivity contribution is 0.570. The van der Waals surface area contributed by atoms with Crippen LogP contribution >= 0.6 is 0 Å². The molecule has 0 spiro atoms. The third kappa shape index (κ3) is 2.84. The summed E-state index contributed by atoms with van der Waals surface area (Å²) in [5.41, 5.74) is 6.78. The highest BCUT2D eigenvalue weighted by molar-refractivity contribution is 5.11. The van der Waals surface area contributed by atoms with Gasteiger partial charge >= 0.3 is 0 Å². The molecule has 0 unspecified atom stereocenters. The van der Waals surface area contributed by atoms with Crippen molar-refractivity contribution in [3.63, 3.8) is 0 Å². The molecule has 0 fully saturated rings. The summed E-state index contributed by atoms with van der Waals surface area (Å²) in [6.07, 6.45) is 3.87. The van der Waals surface area contributed by atoms with E-state index in [1.807, 2.05) is 6.20 Å². The summed E-state index contributed by atoms with van der Waals surface area (Å²) < 4.78 is 0. The molecule has 1 aromatic rings. The molecule has 3 N–H and O–H groups in total. The van der Waals surface area contributed by atoms with Gasteiger partial charge in [-0.05, 0) is 13.0 Å². The molecule has 1 aromatic heterocycles. The van der Waals surface area contributed by atoms with Crippen LogP contribution < -0.4 is 5.73 Å². The van der Waals surface area contributed by atoms with Crippen LogP contribution in [0.4, 0.5) is 0 Å². The maximum Gasteiger partial charge on any atom is 0.106 e. The van der Waals surface area contributed by atoms with Crippen molar-refractivity contribution in [3.05, 3.63) is 17.7 Å². The largest absolute Gasteiger partial charge is 0.345 e. The molecule has 13 heavy (non-hydrogen) atoms. The van der Waals surface area contributed by atoms with E-state index in [2.05, 4.69) is 30.7 Å². The number of hydrogen-bond acceptors (Lipinski definition) is 2. The van der Waals surface area contributed by atoms with Crippen molar-refractivity contribution in [1.82, 2.24) is 9.97 Å². The van der Waals surface area contributed by atoms with Crippen LogP contribution in [-0.4, -0.2) is 16.5 Å². The summed E-state index contributed by atoms with van der Waals surface area (Å²) in [5, 5.41) is 0. The Morgan fingerprint density at radius 2 is 2.15 bits per heavy atom. The molecule has 0 amide bonds. The van der Waals surface area contributed by atoms with Gasteiger partial charge in [0.1, 0.15) is 5.82 Å². The number of aromatic nitrogens is 2. The SMILES string of the molecule is CC(C)(C)c1cnc(CCCN)[nH]1. The molecule has 0 bridgehead atoms. The maximum atomic E-state index is 5.43. The molecule has 3 heteroatoms. The minimum Gasteiger partial charge on any atom is -0.345 e. The lowest BCUT2D eigenvalue weighted by atomic mass is 9.93. The highest BCUT2D eigenvalue weighted by Gasteiger charge is 2.15. The van der Waals surface area contributed by atoms with Gasteiger partial charge in [-0.1, -0.05) is 20.8 Å². The van der Waals surface area contributed by atoms with Crippen molar-refractivity contribution >= 4 is 0 Å². The summed E-state index contributed by atoms with van der Waals surface area (Å²) in [6, 6.07) is 0. The third-order valence-corrected chi connectivity index (χ3v) is 2.05. The standard InChI is InChI=1S/C10H19N3/c1-10(2,3)8-7-12-9(13-8)5-4-6-11/h7H,4-6,11H2,1-3H3,(H,12,13). The number of nitrogens with zero attached hydrogens (tertiary/aromatic N) is 1. The molecule has 0 radical (unpaired) electrons. The van der Waals surface area contributed by atoms with E-state index < -0.39 is 0 Å². The molecule has 3 nitrogen and oxygen atoms in total. The van der Waals surface area contributed by atoms with Crippen LogP contribution in [0.5, 0.6) is 0 Å². The van der Waals surface area contributed by atoms with Crippen LogP contribution in [0.3, 0.4) is 0 Å². The molecule has 0 saturated carbocycles. The lowest BCUT2D eigenvalue weighted by Crippen LogP contribution is -2.11. The maximum absolute atomic E-state index is 5.43. The van der Waals surface area contributed by atoms with Gasteiger partial charge in [-0.25, -0.2) is 4.98 Å². The van der Waals surface area contributed by atoms with Gasteiger partial charge in [0, 0.05) is 23.7 Å². The van der Waals surface area contributed by atoms with Gasteiger partial charge in [0.2, 0.25) is 0 Å². The molecular formula is C10H19N3. The van der Waals surface area contributed by atoms with E-state index in [1.54, 1.807) is 0 Å². The first-order valence-corrected chi connectivity index (χ1v) is 4.78.